The first kappa shape index (κ1) is 28.2. The van der Waals surface area contributed by atoms with Gasteiger partial charge in [0.05, 0.1) is 0 Å². The Hall–Kier alpha value is -1.58. The third-order valence-electron chi connectivity index (χ3n) is 1.44. The quantitative estimate of drug-likeness (QED) is 0.337. The van der Waals surface area contributed by atoms with E-state index >= 15 is 0 Å². The standard InChI is InChI=1S/C9H18O3.C6H13NO3.CH5NO/c1-8(2,3)11-7(10)12-9(4,5)6;1-6(2,3)10-5(8)7(4)9;1-2-3/h1-6H3;9H,1-4H3;2-3H,1H3. The van der Waals surface area contributed by atoms with E-state index in [2.05, 4.69) is 0 Å². The van der Waals surface area contributed by atoms with Gasteiger partial charge in [-0.25, -0.2) is 15.1 Å². The average molecular weight is 368 g/mol. The Labute approximate surface area is 151 Å². The summed E-state index contributed by atoms with van der Waals surface area (Å²) in [4.78, 5) is 21.6. The average Bonchev–Trinajstić information content (AvgIpc) is 2.22. The molecule has 9 nitrogen and oxygen atoms in total. The molecule has 0 aliphatic rings. The van der Waals surface area contributed by atoms with Crippen LogP contribution in [0.5, 0.6) is 0 Å². The van der Waals surface area contributed by atoms with Crippen LogP contribution >= 0.6 is 0 Å². The molecule has 0 radical (unpaired) electrons. The van der Waals surface area contributed by atoms with E-state index in [4.69, 9.17) is 24.6 Å². The molecule has 9 heteroatoms. The van der Waals surface area contributed by atoms with Crippen molar-refractivity contribution in [3.8, 4) is 0 Å². The molecule has 0 aromatic rings. The molecule has 0 fully saturated rings. The van der Waals surface area contributed by atoms with Crippen molar-refractivity contribution < 1.29 is 34.2 Å². The van der Waals surface area contributed by atoms with Crippen LogP contribution in [0.15, 0.2) is 0 Å². The van der Waals surface area contributed by atoms with Gasteiger partial charge >= 0.3 is 12.2 Å². The molecule has 0 spiro atoms. The zero-order valence-electron chi connectivity index (χ0n) is 17.4. The second-order valence-electron chi connectivity index (χ2n) is 7.91. The summed E-state index contributed by atoms with van der Waals surface area (Å²) >= 11 is 0. The van der Waals surface area contributed by atoms with E-state index in [1.807, 2.05) is 0 Å². The number of carbonyl (C=O) groups is 2. The van der Waals surface area contributed by atoms with Crippen LogP contribution in [0.4, 0.5) is 9.59 Å². The molecule has 0 saturated carbocycles. The maximum absolute atomic E-state index is 11.0. The van der Waals surface area contributed by atoms with Crippen LogP contribution in [0.3, 0.4) is 0 Å². The van der Waals surface area contributed by atoms with Gasteiger partial charge in [-0.1, -0.05) is 0 Å². The van der Waals surface area contributed by atoms with Crippen LogP contribution in [0.1, 0.15) is 62.3 Å². The molecule has 0 heterocycles. The third-order valence-corrected chi connectivity index (χ3v) is 1.44. The molecule has 0 aromatic carbocycles. The van der Waals surface area contributed by atoms with Gasteiger partial charge in [-0.15, -0.1) is 0 Å². The monoisotopic (exact) mass is 368 g/mol. The summed E-state index contributed by atoms with van der Waals surface area (Å²) in [7, 11) is 2.65. The van der Waals surface area contributed by atoms with Crippen molar-refractivity contribution in [1.82, 2.24) is 10.5 Å². The van der Waals surface area contributed by atoms with Crippen LogP contribution in [-0.2, 0) is 14.2 Å². The number of hydrogen-bond donors (Lipinski definition) is 3. The van der Waals surface area contributed by atoms with Crippen molar-refractivity contribution in [3.05, 3.63) is 0 Å². The molecule has 0 aromatic heterocycles. The Bertz CT molecular complexity index is 359. The molecule has 0 bridgehead atoms. The second-order valence-corrected chi connectivity index (χ2v) is 7.91. The van der Waals surface area contributed by atoms with E-state index < -0.39 is 29.1 Å². The minimum absolute atomic E-state index is 0.408. The smallest absolute Gasteiger partial charge is 0.442 e. The molecular weight excluding hydrogens is 332 g/mol. The number of carbonyl (C=O) groups excluding carboxylic acids is 2. The number of hydrogen-bond acceptors (Lipinski definition) is 8. The number of nitrogens with zero attached hydrogens (tertiary/aromatic N) is 1. The van der Waals surface area contributed by atoms with Crippen LogP contribution < -0.4 is 5.48 Å². The van der Waals surface area contributed by atoms with Gasteiger partial charge in [-0.3, -0.25) is 5.21 Å². The maximum atomic E-state index is 11.0. The van der Waals surface area contributed by atoms with Crippen molar-refractivity contribution in [2.75, 3.05) is 14.1 Å². The van der Waals surface area contributed by atoms with Crippen LogP contribution in [0.25, 0.3) is 0 Å². The second kappa shape index (κ2) is 11.9. The summed E-state index contributed by atoms with van der Waals surface area (Å²) < 4.78 is 14.6. The zero-order valence-corrected chi connectivity index (χ0v) is 17.4. The van der Waals surface area contributed by atoms with Gasteiger partial charge in [0.2, 0.25) is 0 Å². The summed E-state index contributed by atoms with van der Waals surface area (Å²) in [5, 5.41) is 16.3. The van der Waals surface area contributed by atoms with Gasteiger partial charge in [0.1, 0.15) is 16.8 Å². The number of hydroxylamine groups is 3. The van der Waals surface area contributed by atoms with E-state index in [-0.39, 0.29) is 0 Å². The summed E-state index contributed by atoms with van der Waals surface area (Å²) in [5.41, 5.74) is 0.235. The van der Waals surface area contributed by atoms with E-state index in [9.17, 15) is 9.59 Å². The number of rotatable bonds is 0. The van der Waals surface area contributed by atoms with E-state index in [0.717, 1.165) is 0 Å². The fourth-order valence-corrected chi connectivity index (χ4v) is 0.849. The molecule has 152 valence electrons. The van der Waals surface area contributed by atoms with Crippen molar-refractivity contribution in [2.45, 2.75) is 79.1 Å². The van der Waals surface area contributed by atoms with Crippen LogP contribution in [0, 0.1) is 0 Å². The van der Waals surface area contributed by atoms with Crippen molar-refractivity contribution in [1.29, 1.82) is 0 Å². The predicted molar refractivity (Wildman–Crippen MR) is 93.7 cm³/mol. The molecule has 3 N–H and O–H groups in total. The third kappa shape index (κ3) is 30.8. The molecule has 1 amide bonds. The first-order valence-electron chi connectivity index (χ1n) is 7.73. The molecule has 0 atom stereocenters. The highest BCUT2D eigenvalue weighted by Crippen LogP contribution is 2.13. The van der Waals surface area contributed by atoms with E-state index in [0.29, 0.717) is 5.06 Å². The van der Waals surface area contributed by atoms with Gasteiger partial charge in [-0.2, -0.15) is 5.06 Å². The molecule has 25 heavy (non-hydrogen) atoms. The highest BCUT2D eigenvalue weighted by molar-refractivity contribution is 5.66. The Balaban J connectivity index is -0.000000338. The van der Waals surface area contributed by atoms with Crippen LogP contribution in [0.2, 0.25) is 0 Å². The maximum Gasteiger partial charge on any atom is 0.509 e. The predicted octanol–water partition coefficient (Wildman–Crippen LogP) is 3.57. The van der Waals surface area contributed by atoms with Gasteiger partial charge in [0.15, 0.2) is 0 Å². The lowest BCUT2D eigenvalue weighted by molar-refractivity contribution is -0.0764. The highest BCUT2D eigenvalue weighted by atomic mass is 16.7. The normalized spacial score (nSPS) is 11.1. The van der Waals surface area contributed by atoms with Crippen molar-refractivity contribution in [3.63, 3.8) is 0 Å². The van der Waals surface area contributed by atoms with E-state index in [1.165, 1.54) is 14.1 Å². The number of nitrogens with one attached hydrogen (secondary N) is 1. The summed E-state index contributed by atoms with van der Waals surface area (Å²) in [5.74, 6) is 0. The minimum Gasteiger partial charge on any atom is -0.442 e. The zero-order chi connectivity index (χ0) is 21.1. The molecule has 0 aliphatic heterocycles. The lowest BCUT2D eigenvalue weighted by atomic mass is 10.2. The van der Waals surface area contributed by atoms with Crippen molar-refractivity contribution in [2.24, 2.45) is 0 Å². The number of amides is 1. The first-order chi connectivity index (χ1) is 10.8. The van der Waals surface area contributed by atoms with Gasteiger partial charge in [0.25, 0.3) is 0 Å². The fraction of sp³-hybridized carbons (Fsp3) is 0.875. The summed E-state index contributed by atoms with van der Waals surface area (Å²) in [6, 6.07) is 0. The lowest BCUT2D eigenvalue weighted by Crippen LogP contribution is -2.31. The molecule has 0 unspecified atom stereocenters. The van der Waals surface area contributed by atoms with Gasteiger partial charge < -0.3 is 19.4 Å². The number of ether oxygens (including phenoxy) is 3. The largest absolute Gasteiger partial charge is 0.509 e. The fourth-order valence-electron chi connectivity index (χ4n) is 0.849. The molecular formula is C16H36N2O7. The Kier molecular flexibility index (Phi) is 13.4. The van der Waals surface area contributed by atoms with E-state index in [1.54, 1.807) is 67.8 Å². The molecule has 0 rings (SSSR count). The Morgan fingerprint density at radius 2 is 1.04 bits per heavy atom. The minimum atomic E-state index is -0.743. The van der Waals surface area contributed by atoms with Crippen molar-refractivity contribution >= 4 is 12.2 Å². The lowest BCUT2D eigenvalue weighted by Gasteiger charge is -2.24. The molecule has 0 aliphatic carbocycles. The van der Waals surface area contributed by atoms with Gasteiger partial charge in [0, 0.05) is 14.1 Å². The van der Waals surface area contributed by atoms with Gasteiger partial charge in [-0.05, 0) is 62.3 Å². The van der Waals surface area contributed by atoms with Crippen LogP contribution in [-0.4, -0.2) is 58.6 Å². The topological polar surface area (TPSA) is 118 Å². The first-order valence-corrected chi connectivity index (χ1v) is 7.73. The summed E-state index contributed by atoms with van der Waals surface area (Å²) in [6.45, 7) is 16.0. The Morgan fingerprint density at radius 3 is 1.16 bits per heavy atom. The Morgan fingerprint density at radius 1 is 0.800 bits per heavy atom. The molecule has 0 saturated heterocycles. The highest BCUT2D eigenvalue weighted by Gasteiger charge is 2.22. The SMILES string of the molecule is CC(C)(C)OC(=O)OC(C)(C)C.CN(O)C(=O)OC(C)(C)C.CNO. The summed E-state index contributed by atoms with van der Waals surface area (Å²) in [6.07, 6.45) is -1.36.